The third kappa shape index (κ3) is 11.5. The summed E-state index contributed by atoms with van der Waals surface area (Å²) in [6.45, 7) is 7.38. The first-order valence-corrected chi connectivity index (χ1v) is 29.6. The van der Waals surface area contributed by atoms with Gasteiger partial charge in [0.1, 0.15) is 0 Å². The Hall–Kier alpha value is -4.51. The summed E-state index contributed by atoms with van der Waals surface area (Å²) in [4.78, 5) is 9.67. The number of aromatic nitrogens is 2. The van der Waals surface area contributed by atoms with Crippen LogP contribution in [0.25, 0.3) is 64.9 Å². The number of hydrogen-bond donors (Lipinski definition) is 0. The van der Waals surface area contributed by atoms with E-state index in [4.69, 9.17) is 9.97 Å². The second kappa shape index (κ2) is 21.8. The number of pyridine rings is 2. The van der Waals surface area contributed by atoms with E-state index in [2.05, 4.69) is 159 Å². The van der Waals surface area contributed by atoms with E-state index < -0.39 is 8.07 Å². The molecule has 0 amide bonds. The van der Waals surface area contributed by atoms with Crippen LogP contribution in [0.5, 0.6) is 0 Å². The molecule has 3 saturated carbocycles. The molecule has 5 heteroatoms. The molecule has 3 heterocycles. The van der Waals surface area contributed by atoms with Crippen molar-refractivity contribution in [2.45, 2.75) is 128 Å². The van der Waals surface area contributed by atoms with Crippen LogP contribution in [-0.4, -0.2) is 18.0 Å². The molecule has 0 atom stereocenters. The molecule has 0 unspecified atom stereocenters. The number of hydrogen-bond acceptors (Lipinski definition) is 3. The number of fused-ring (bicyclic) bond motifs is 3. The van der Waals surface area contributed by atoms with Crippen molar-refractivity contribution in [3.8, 4) is 44.8 Å². The van der Waals surface area contributed by atoms with Crippen molar-refractivity contribution in [1.82, 2.24) is 9.97 Å². The molecule has 3 aromatic heterocycles. The minimum absolute atomic E-state index is 0. The molecular formula is C62H66IrN2SSi-2. The third-order valence-electron chi connectivity index (χ3n) is 15.0. The molecule has 67 heavy (non-hydrogen) atoms. The second-order valence-electron chi connectivity index (χ2n) is 20.8. The summed E-state index contributed by atoms with van der Waals surface area (Å²) < 4.78 is 2.59. The Bertz CT molecular complexity index is 2880. The molecule has 11 rings (SSSR count). The summed E-state index contributed by atoms with van der Waals surface area (Å²) in [5.41, 5.74) is 13.9. The van der Waals surface area contributed by atoms with E-state index in [-0.39, 0.29) is 20.1 Å². The SMILES string of the molecule is C[Si](C)(C)c1cnc(-c2[c-]ccc(C3CCCC3)c2)cc1CC1CCCCC1.[Ir].[c-]1cc2sc3cc(-c4ccc(-c5ccccc5)cc4)ccc3c2cc1-c1cc(CC2CCCCC2)ccn1. The van der Waals surface area contributed by atoms with Gasteiger partial charge in [0.05, 0.1) is 8.07 Å². The monoisotopic (exact) mass is 1090 g/mol. The van der Waals surface area contributed by atoms with Gasteiger partial charge in [-0.2, -0.15) is 11.3 Å². The average molecular weight is 1090 g/mol. The van der Waals surface area contributed by atoms with Crippen LogP contribution < -0.4 is 5.19 Å². The van der Waals surface area contributed by atoms with Gasteiger partial charge in [0, 0.05) is 37.2 Å². The first-order chi connectivity index (χ1) is 32.3. The maximum absolute atomic E-state index is 4.94. The van der Waals surface area contributed by atoms with Gasteiger partial charge >= 0.3 is 0 Å². The zero-order valence-corrected chi connectivity index (χ0v) is 44.1. The fourth-order valence-electron chi connectivity index (χ4n) is 11.3. The Kier molecular flexibility index (Phi) is 15.5. The molecule has 8 aromatic rings. The Morgan fingerprint density at radius 1 is 0.552 bits per heavy atom. The molecule has 0 bridgehead atoms. The molecule has 0 aliphatic heterocycles. The Labute approximate surface area is 419 Å². The molecule has 1 radical (unpaired) electrons. The third-order valence-corrected chi connectivity index (χ3v) is 18.2. The molecule has 0 saturated heterocycles. The first-order valence-electron chi connectivity index (χ1n) is 25.3. The zero-order chi connectivity index (χ0) is 44.9. The van der Waals surface area contributed by atoms with Crippen LogP contribution in [0.3, 0.4) is 0 Å². The molecular weight excluding hydrogens is 1030 g/mol. The van der Waals surface area contributed by atoms with Gasteiger partial charge in [-0.15, -0.1) is 59.2 Å². The summed E-state index contributed by atoms with van der Waals surface area (Å²) in [6.07, 6.45) is 26.1. The van der Waals surface area contributed by atoms with E-state index >= 15 is 0 Å². The van der Waals surface area contributed by atoms with Crippen molar-refractivity contribution >= 4 is 44.8 Å². The summed E-state index contributed by atoms with van der Waals surface area (Å²) in [5.74, 6) is 2.44. The van der Waals surface area contributed by atoms with Crippen molar-refractivity contribution in [2.75, 3.05) is 0 Å². The van der Waals surface area contributed by atoms with E-state index in [1.54, 1.807) is 10.8 Å². The Morgan fingerprint density at radius 3 is 1.90 bits per heavy atom. The van der Waals surface area contributed by atoms with Crippen molar-refractivity contribution in [1.29, 1.82) is 0 Å². The molecule has 3 aliphatic rings. The number of nitrogens with zero attached hydrogens (tertiary/aromatic N) is 2. The zero-order valence-electron chi connectivity index (χ0n) is 39.9. The van der Waals surface area contributed by atoms with Crippen molar-refractivity contribution in [2.24, 2.45) is 11.8 Å². The van der Waals surface area contributed by atoms with Crippen LogP contribution in [0.1, 0.15) is 112 Å². The van der Waals surface area contributed by atoms with Crippen molar-refractivity contribution < 1.29 is 20.1 Å². The fraction of sp³-hybridized carbons (Fsp3) is 0.355. The quantitative estimate of drug-likeness (QED) is 0.101. The minimum atomic E-state index is -1.39. The molecule has 3 aliphatic carbocycles. The van der Waals surface area contributed by atoms with Crippen molar-refractivity contribution in [3.63, 3.8) is 0 Å². The van der Waals surface area contributed by atoms with Gasteiger partial charge in [0.25, 0.3) is 0 Å². The summed E-state index contributed by atoms with van der Waals surface area (Å²) in [5, 5.41) is 4.17. The number of benzene rings is 5. The van der Waals surface area contributed by atoms with E-state index in [1.807, 2.05) is 17.5 Å². The smallest absolute Gasteiger partial charge is 0.0798 e. The fourth-order valence-corrected chi connectivity index (χ4v) is 14.0. The maximum Gasteiger partial charge on any atom is 0.0798 e. The number of thiophene rings is 1. The van der Waals surface area contributed by atoms with Gasteiger partial charge in [0.2, 0.25) is 0 Å². The molecule has 5 aromatic carbocycles. The van der Waals surface area contributed by atoms with Crippen molar-refractivity contribution in [3.05, 3.63) is 163 Å². The van der Waals surface area contributed by atoms with Gasteiger partial charge in [-0.1, -0.05) is 192 Å². The predicted molar refractivity (Wildman–Crippen MR) is 286 cm³/mol. The first kappa shape index (κ1) is 47.5. The van der Waals surface area contributed by atoms with Gasteiger partial charge < -0.3 is 9.97 Å². The molecule has 345 valence electrons. The molecule has 0 N–H and O–H groups in total. The van der Waals surface area contributed by atoms with E-state index in [1.165, 1.54) is 162 Å². The van der Waals surface area contributed by atoms with Gasteiger partial charge in [-0.25, -0.2) is 0 Å². The topological polar surface area (TPSA) is 25.8 Å². The van der Waals surface area contributed by atoms with Gasteiger partial charge in [0.15, 0.2) is 0 Å². The summed E-state index contributed by atoms with van der Waals surface area (Å²) in [7, 11) is -1.39. The summed E-state index contributed by atoms with van der Waals surface area (Å²) >= 11 is 1.85. The second-order valence-corrected chi connectivity index (χ2v) is 27.0. The molecule has 2 nitrogen and oxygen atoms in total. The summed E-state index contributed by atoms with van der Waals surface area (Å²) in [6, 6.07) is 51.5. The average Bonchev–Trinajstić information content (AvgIpc) is 4.04. The molecule has 0 spiro atoms. The van der Waals surface area contributed by atoms with Gasteiger partial charge in [-0.05, 0) is 104 Å². The predicted octanol–water partition coefficient (Wildman–Crippen LogP) is 17.2. The molecule has 3 fully saturated rings. The minimum Gasteiger partial charge on any atom is -0.305 e. The Morgan fingerprint density at radius 2 is 1.18 bits per heavy atom. The van der Waals surface area contributed by atoms with Crippen LogP contribution in [-0.2, 0) is 32.9 Å². The van der Waals surface area contributed by atoms with E-state index in [0.29, 0.717) is 0 Å². The van der Waals surface area contributed by atoms with Crippen LogP contribution in [0.15, 0.2) is 134 Å². The van der Waals surface area contributed by atoms with Gasteiger partial charge in [-0.3, -0.25) is 0 Å². The van der Waals surface area contributed by atoms with E-state index in [0.717, 1.165) is 34.7 Å². The normalized spacial score (nSPS) is 16.2. The Balaban J connectivity index is 0.000000173. The van der Waals surface area contributed by atoms with Crippen LogP contribution in [0.4, 0.5) is 0 Å². The van der Waals surface area contributed by atoms with Crippen LogP contribution in [0, 0.1) is 24.0 Å². The van der Waals surface area contributed by atoms with Crippen LogP contribution in [0.2, 0.25) is 19.6 Å². The maximum atomic E-state index is 4.94. The van der Waals surface area contributed by atoms with Crippen LogP contribution >= 0.6 is 11.3 Å². The van der Waals surface area contributed by atoms with E-state index in [9.17, 15) is 0 Å². The standard InChI is InChI=1S/C36H30NS.C26H36NSi.Ir/c1-3-7-25(8-4-1)21-26-19-20-37-34(22-26)31-16-18-35-33(23-31)32-17-15-30(24-36(32)38-35)29-13-11-28(12-14-29)27-9-5-2-6-10-27;1-28(2,3)26-19-27-25(18-24(26)16-20-10-5-4-6-11-20)23-15-9-14-22(17-23)21-12-7-8-13-21;/h2,5-6,9-15,17-20,22-25H,1,3-4,7-8,21H2;9,14,17-21H,4-8,10-13,16H2,1-3H3;/q2*-1;. The number of rotatable bonds is 10. The largest absolute Gasteiger partial charge is 0.305 e.